The zero-order valence-electron chi connectivity index (χ0n) is 15.6. The Morgan fingerprint density at radius 1 is 1.00 bits per heavy atom. The van der Waals surface area contributed by atoms with Crippen molar-refractivity contribution in [3.05, 3.63) is 80.1 Å². The molecule has 0 atom stereocenters. The molecule has 4 nitrogen and oxygen atoms in total. The van der Waals surface area contributed by atoms with Crippen LogP contribution >= 0.6 is 15.9 Å². The minimum absolute atomic E-state index is 0.311. The van der Waals surface area contributed by atoms with E-state index in [1.807, 2.05) is 31.2 Å². The van der Waals surface area contributed by atoms with Gasteiger partial charge in [-0.05, 0) is 55.1 Å². The fourth-order valence-electron chi connectivity index (χ4n) is 3.93. The SMILES string of the molecule is Cc1cc(N2COc3c(cc4c(oc(=O)c5ccccc54)c3C)C2)ccc1Br. The molecule has 1 aliphatic heterocycles. The maximum Gasteiger partial charge on any atom is 0.344 e. The Labute approximate surface area is 170 Å². The lowest BCUT2D eigenvalue weighted by molar-refractivity contribution is 0.287. The molecule has 0 saturated carbocycles. The fourth-order valence-corrected chi connectivity index (χ4v) is 4.18. The van der Waals surface area contributed by atoms with E-state index in [1.165, 1.54) is 5.56 Å². The van der Waals surface area contributed by atoms with Crippen molar-refractivity contribution in [2.45, 2.75) is 20.4 Å². The van der Waals surface area contributed by atoms with E-state index in [0.717, 1.165) is 44.4 Å². The molecular formula is C23H18BrNO3. The normalized spacial score (nSPS) is 13.6. The predicted octanol–water partition coefficient (Wildman–Crippen LogP) is 5.68. The van der Waals surface area contributed by atoms with Crippen LogP contribution in [0.3, 0.4) is 0 Å². The van der Waals surface area contributed by atoms with Gasteiger partial charge < -0.3 is 14.1 Å². The monoisotopic (exact) mass is 435 g/mol. The molecule has 0 amide bonds. The first-order valence-corrected chi connectivity index (χ1v) is 9.94. The molecule has 2 heterocycles. The molecule has 0 N–H and O–H groups in total. The number of hydrogen-bond acceptors (Lipinski definition) is 4. The topological polar surface area (TPSA) is 42.7 Å². The number of anilines is 1. The van der Waals surface area contributed by atoms with Crippen molar-refractivity contribution in [1.82, 2.24) is 0 Å². The van der Waals surface area contributed by atoms with Gasteiger partial charge in [0.05, 0.1) is 5.39 Å². The van der Waals surface area contributed by atoms with Crippen molar-refractivity contribution < 1.29 is 9.15 Å². The zero-order chi connectivity index (χ0) is 19.4. The minimum Gasteiger partial charge on any atom is -0.472 e. The first kappa shape index (κ1) is 17.3. The lowest BCUT2D eigenvalue weighted by Crippen LogP contribution is -2.32. The van der Waals surface area contributed by atoms with Crippen molar-refractivity contribution in [3.8, 4) is 5.75 Å². The largest absolute Gasteiger partial charge is 0.472 e. The summed E-state index contributed by atoms with van der Waals surface area (Å²) in [7, 11) is 0. The highest BCUT2D eigenvalue weighted by atomic mass is 79.9. The van der Waals surface area contributed by atoms with Crippen LogP contribution in [0.15, 0.2) is 62.2 Å². The van der Waals surface area contributed by atoms with Gasteiger partial charge in [-0.3, -0.25) is 0 Å². The molecule has 0 aliphatic carbocycles. The van der Waals surface area contributed by atoms with E-state index in [9.17, 15) is 4.79 Å². The molecule has 0 bridgehead atoms. The van der Waals surface area contributed by atoms with Crippen LogP contribution in [-0.2, 0) is 6.54 Å². The summed E-state index contributed by atoms with van der Waals surface area (Å²) < 4.78 is 12.9. The molecule has 1 aliphatic rings. The number of benzene rings is 3. The zero-order valence-corrected chi connectivity index (χ0v) is 17.2. The van der Waals surface area contributed by atoms with E-state index in [-0.39, 0.29) is 5.63 Å². The average Bonchev–Trinajstić information content (AvgIpc) is 2.71. The molecule has 3 aromatic carbocycles. The van der Waals surface area contributed by atoms with Crippen LogP contribution in [0.4, 0.5) is 5.69 Å². The summed E-state index contributed by atoms with van der Waals surface area (Å²) in [6, 6.07) is 16.0. The summed E-state index contributed by atoms with van der Waals surface area (Å²) in [4.78, 5) is 14.6. The van der Waals surface area contributed by atoms with Gasteiger partial charge in [-0.15, -0.1) is 0 Å². The number of aryl methyl sites for hydroxylation is 2. The van der Waals surface area contributed by atoms with Gasteiger partial charge in [-0.25, -0.2) is 4.79 Å². The summed E-state index contributed by atoms with van der Waals surface area (Å²) in [6.45, 7) is 5.23. The number of halogens is 1. The summed E-state index contributed by atoms with van der Waals surface area (Å²) >= 11 is 3.56. The summed E-state index contributed by atoms with van der Waals surface area (Å²) in [6.07, 6.45) is 0. The Morgan fingerprint density at radius 2 is 1.79 bits per heavy atom. The first-order chi connectivity index (χ1) is 13.5. The molecule has 140 valence electrons. The van der Waals surface area contributed by atoms with E-state index in [1.54, 1.807) is 0 Å². The highest BCUT2D eigenvalue weighted by molar-refractivity contribution is 9.10. The van der Waals surface area contributed by atoms with E-state index in [2.05, 4.69) is 52.0 Å². The van der Waals surface area contributed by atoms with Crippen LogP contribution < -0.4 is 15.3 Å². The maximum absolute atomic E-state index is 12.4. The molecule has 1 aromatic heterocycles. The summed E-state index contributed by atoms with van der Waals surface area (Å²) in [5.74, 6) is 0.816. The van der Waals surface area contributed by atoms with Crippen molar-refractivity contribution in [1.29, 1.82) is 0 Å². The molecule has 0 saturated heterocycles. The third kappa shape index (κ3) is 2.61. The molecule has 0 fully saturated rings. The van der Waals surface area contributed by atoms with Gasteiger partial charge in [0.25, 0.3) is 0 Å². The van der Waals surface area contributed by atoms with Crippen molar-refractivity contribution in [2.24, 2.45) is 0 Å². The Kier molecular flexibility index (Phi) is 3.95. The van der Waals surface area contributed by atoms with Gasteiger partial charge in [0.2, 0.25) is 0 Å². The van der Waals surface area contributed by atoms with Crippen molar-refractivity contribution >= 4 is 43.4 Å². The second-order valence-electron chi connectivity index (χ2n) is 7.21. The molecule has 0 unspecified atom stereocenters. The van der Waals surface area contributed by atoms with Crippen molar-refractivity contribution in [2.75, 3.05) is 11.6 Å². The third-order valence-electron chi connectivity index (χ3n) is 5.40. The fraction of sp³-hybridized carbons (Fsp3) is 0.174. The van der Waals surface area contributed by atoms with E-state index < -0.39 is 0 Å². The average molecular weight is 436 g/mol. The lowest BCUT2D eigenvalue weighted by Gasteiger charge is -2.32. The highest BCUT2D eigenvalue weighted by Gasteiger charge is 2.23. The predicted molar refractivity (Wildman–Crippen MR) is 115 cm³/mol. The van der Waals surface area contributed by atoms with Gasteiger partial charge >= 0.3 is 5.63 Å². The number of ether oxygens (including phenoxy) is 1. The van der Waals surface area contributed by atoms with E-state index in [0.29, 0.717) is 17.7 Å². The van der Waals surface area contributed by atoms with Crippen LogP contribution in [0.25, 0.3) is 21.7 Å². The lowest BCUT2D eigenvalue weighted by atomic mass is 10.00. The summed E-state index contributed by atoms with van der Waals surface area (Å²) in [5, 5.41) is 2.46. The number of rotatable bonds is 1. The van der Waals surface area contributed by atoms with Gasteiger partial charge in [0.1, 0.15) is 11.3 Å². The second kappa shape index (κ2) is 6.38. The molecule has 5 rings (SSSR count). The Bertz CT molecular complexity index is 1310. The summed E-state index contributed by atoms with van der Waals surface area (Å²) in [5.41, 5.74) is 4.57. The van der Waals surface area contributed by atoms with Crippen LogP contribution in [0, 0.1) is 13.8 Å². The standard InChI is InChI=1S/C23H18BrNO3/c1-13-9-16(7-8-20(13)24)25-11-15-10-19-17-5-3-4-6-18(17)23(26)28-22(19)14(2)21(15)27-12-25/h3-10H,11-12H2,1-2H3. The quantitative estimate of drug-likeness (QED) is 0.284. The van der Waals surface area contributed by atoms with E-state index in [4.69, 9.17) is 9.15 Å². The van der Waals surface area contributed by atoms with Gasteiger partial charge in [0.15, 0.2) is 6.73 Å². The van der Waals surface area contributed by atoms with Gasteiger partial charge in [-0.1, -0.05) is 34.1 Å². The Hall–Kier alpha value is -2.79. The van der Waals surface area contributed by atoms with Crippen molar-refractivity contribution in [3.63, 3.8) is 0 Å². The molecular weight excluding hydrogens is 418 g/mol. The molecule has 5 heteroatoms. The van der Waals surface area contributed by atoms with Crippen LogP contribution in [-0.4, -0.2) is 6.73 Å². The molecule has 0 radical (unpaired) electrons. The Morgan fingerprint density at radius 3 is 2.57 bits per heavy atom. The number of hydrogen-bond donors (Lipinski definition) is 0. The minimum atomic E-state index is -0.311. The second-order valence-corrected chi connectivity index (χ2v) is 8.06. The molecule has 28 heavy (non-hydrogen) atoms. The third-order valence-corrected chi connectivity index (χ3v) is 6.29. The van der Waals surface area contributed by atoms with Gasteiger partial charge in [-0.2, -0.15) is 0 Å². The molecule has 0 spiro atoms. The van der Waals surface area contributed by atoms with Gasteiger partial charge in [0, 0.05) is 33.2 Å². The maximum atomic E-state index is 12.4. The number of fused-ring (bicyclic) bond motifs is 4. The van der Waals surface area contributed by atoms with Crippen LogP contribution in [0.2, 0.25) is 0 Å². The first-order valence-electron chi connectivity index (χ1n) is 9.15. The Balaban J connectivity index is 1.68. The molecule has 4 aromatic rings. The van der Waals surface area contributed by atoms with Crippen LogP contribution in [0.1, 0.15) is 16.7 Å². The highest BCUT2D eigenvalue weighted by Crippen LogP contribution is 2.38. The van der Waals surface area contributed by atoms with Crippen LogP contribution in [0.5, 0.6) is 5.75 Å². The van der Waals surface area contributed by atoms with E-state index >= 15 is 0 Å². The smallest absolute Gasteiger partial charge is 0.344 e. The number of nitrogens with zero attached hydrogens (tertiary/aromatic N) is 1.